The molecule has 0 aliphatic carbocycles. The van der Waals surface area contributed by atoms with Gasteiger partial charge in [0.05, 0.1) is 14.2 Å². The van der Waals surface area contributed by atoms with Gasteiger partial charge in [-0.15, -0.1) is 0 Å². The number of halogens is 1. The lowest BCUT2D eigenvalue weighted by Crippen LogP contribution is -2.24. The fourth-order valence-electron chi connectivity index (χ4n) is 2.74. The van der Waals surface area contributed by atoms with E-state index < -0.39 is 0 Å². The highest BCUT2D eigenvalue weighted by atomic mass is 19.1. The lowest BCUT2D eigenvalue weighted by Gasteiger charge is -2.25. The summed E-state index contributed by atoms with van der Waals surface area (Å²) < 4.78 is 23.1. The molecule has 0 radical (unpaired) electrons. The van der Waals surface area contributed by atoms with Crippen molar-refractivity contribution >= 4 is 17.3 Å². The second-order valence-electron chi connectivity index (χ2n) is 7.07. The number of hydrogen-bond acceptors (Lipinski definition) is 4. The Kier molecular flexibility index (Phi) is 9.32. The molecule has 0 unspecified atom stereocenters. The molecule has 0 heterocycles. The van der Waals surface area contributed by atoms with Crippen LogP contribution in [0.15, 0.2) is 47.5 Å². The average Bonchev–Trinajstić information content (AvgIpc) is 2.68. The van der Waals surface area contributed by atoms with Gasteiger partial charge >= 0.3 is 0 Å². The maximum absolute atomic E-state index is 12.5. The van der Waals surface area contributed by atoms with Gasteiger partial charge < -0.3 is 14.8 Å². The summed E-state index contributed by atoms with van der Waals surface area (Å²) in [4.78, 5) is 14.9. The normalized spacial score (nSPS) is 11.2. The first kappa shape index (κ1) is 24.1. The molecule has 0 saturated carbocycles. The second kappa shape index (κ2) is 11.2. The molecule has 0 spiro atoms. The van der Waals surface area contributed by atoms with Crippen LogP contribution in [0.1, 0.15) is 39.7 Å². The first-order valence-corrected chi connectivity index (χ1v) is 9.41. The fraction of sp³-hybridized carbons (Fsp3) is 0.391. The molecular formula is C23H31FN2O3. The summed E-state index contributed by atoms with van der Waals surface area (Å²) in [5.41, 5.74) is 2.71. The van der Waals surface area contributed by atoms with Crippen molar-refractivity contribution in [2.24, 2.45) is 10.4 Å². The van der Waals surface area contributed by atoms with Gasteiger partial charge in [0, 0.05) is 30.8 Å². The Morgan fingerprint density at radius 1 is 1.10 bits per heavy atom. The number of carbonyl (C=O) groups excluding carboxylic acids is 1. The van der Waals surface area contributed by atoms with Crippen molar-refractivity contribution in [1.82, 2.24) is 0 Å². The van der Waals surface area contributed by atoms with E-state index in [-0.39, 0.29) is 17.1 Å². The van der Waals surface area contributed by atoms with Crippen LogP contribution < -0.4 is 14.8 Å². The van der Waals surface area contributed by atoms with E-state index in [0.29, 0.717) is 5.69 Å². The highest BCUT2D eigenvalue weighted by molar-refractivity contribution is 6.04. The molecule has 0 saturated heterocycles. The van der Waals surface area contributed by atoms with Crippen LogP contribution in [-0.2, 0) is 4.79 Å². The van der Waals surface area contributed by atoms with Crippen molar-refractivity contribution in [3.63, 3.8) is 0 Å². The van der Waals surface area contributed by atoms with Crippen LogP contribution in [0.2, 0.25) is 0 Å². The zero-order chi connectivity index (χ0) is 22.0. The summed E-state index contributed by atoms with van der Waals surface area (Å²) in [7, 11) is 5.13. The molecule has 2 rings (SSSR count). The minimum absolute atomic E-state index is 0.0500. The zero-order valence-corrected chi connectivity index (χ0v) is 18.3. The molecule has 6 heteroatoms. The molecule has 5 nitrogen and oxygen atoms in total. The van der Waals surface area contributed by atoms with Crippen LogP contribution in [0, 0.1) is 11.2 Å². The van der Waals surface area contributed by atoms with Gasteiger partial charge in [-0.05, 0) is 48.4 Å². The second-order valence-corrected chi connectivity index (χ2v) is 7.07. The van der Waals surface area contributed by atoms with Crippen molar-refractivity contribution in [2.75, 3.05) is 26.6 Å². The number of anilines is 1. The van der Waals surface area contributed by atoms with Crippen LogP contribution in [-0.4, -0.2) is 32.9 Å². The molecule has 2 aromatic carbocycles. The zero-order valence-electron chi connectivity index (χ0n) is 18.3. The lowest BCUT2D eigenvalue weighted by molar-refractivity contribution is -0.114. The monoisotopic (exact) mass is 402 g/mol. The SMILES string of the molecule is CC(=O)Nc1cccc(F)c1.CCC(C)(C)C(=NC)c1ccc(OC)c(OC)c1. The number of nitrogens with one attached hydrogen (secondary N) is 1. The molecule has 0 atom stereocenters. The Morgan fingerprint density at radius 2 is 1.76 bits per heavy atom. The van der Waals surface area contributed by atoms with Crippen LogP contribution >= 0.6 is 0 Å². The molecule has 0 aromatic heterocycles. The number of methoxy groups -OCH3 is 2. The summed E-state index contributed by atoms with van der Waals surface area (Å²) in [6, 6.07) is 11.7. The Balaban J connectivity index is 0.000000326. The van der Waals surface area contributed by atoms with Crippen molar-refractivity contribution in [3.8, 4) is 11.5 Å². The van der Waals surface area contributed by atoms with E-state index in [9.17, 15) is 9.18 Å². The number of amides is 1. The largest absolute Gasteiger partial charge is 0.493 e. The third-order valence-electron chi connectivity index (χ3n) is 4.55. The standard InChI is InChI=1S/C15H23NO2.C8H8FNO/c1-7-15(2,3)14(16-4)11-8-9-12(17-5)13(10-11)18-6;1-6(11)10-8-4-2-3-7(9)5-8/h8-10H,7H2,1-6H3;2-5H,1H3,(H,10,11). The molecule has 29 heavy (non-hydrogen) atoms. The number of nitrogens with zero attached hydrogens (tertiary/aromatic N) is 1. The average molecular weight is 403 g/mol. The predicted molar refractivity (Wildman–Crippen MR) is 117 cm³/mol. The number of ether oxygens (including phenoxy) is 2. The van der Waals surface area contributed by atoms with E-state index in [1.165, 1.54) is 19.1 Å². The van der Waals surface area contributed by atoms with Crippen LogP contribution in [0.4, 0.5) is 10.1 Å². The number of hydrogen-bond donors (Lipinski definition) is 1. The fourth-order valence-corrected chi connectivity index (χ4v) is 2.74. The summed E-state index contributed by atoms with van der Waals surface area (Å²) in [6.45, 7) is 7.95. The third kappa shape index (κ3) is 7.22. The highest BCUT2D eigenvalue weighted by Crippen LogP contribution is 2.32. The lowest BCUT2D eigenvalue weighted by atomic mass is 9.81. The molecule has 0 aliphatic rings. The van der Waals surface area contributed by atoms with Crippen LogP contribution in [0.3, 0.4) is 0 Å². The van der Waals surface area contributed by atoms with Crippen molar-refractivity contribution in [3.05, 3.63) is 53.8 Å². The van der Waals surface area contributed by atoms with Gasteiger partial charge in [-0.2, -0.15) is 0 Å². The van der Waals surface area contributed by atoms with Crippen molar-refractivity contribution in [1.29, 1.82) is 0 Å². The van der Waals surface area contributed by atoms with E-state index in [1.54, 1.807) is 26.4 Å². The van der Waals surface area contributed by atoms with E-state index in [4.69, 9.17) is 9.47 Å². The summed E-state index contributed by atoms with van der Waals surface area (Å²) in [6.07, 6.45) is 1.04. The van der Waals surface area contributed by atoms with Gasteiger partial charge in [-0.25, -0.2) is 4.39 Å². The van der Waals surface area contributed by atoms with Crippen molar-refractivity contribution < 1.29 is 18.7 Å². The molecule has 0 fully saturated rings. The minimum atomic E-state index is -0.351. The Morgan fingerprint density at radius 3 is 2.24 bits per heavy atom. The Labute approximate surface area is 173 Å². The highest BCUT2D eigenvalue weighted by Gasteiger charge is 2.24. The van der Waals surface area contributed by atoms with Gasteiger partial charge in [-0.1, -0.05) is 26.8 Å². The molecule has 1 N–H and O–H groups in total. The van der Waals surface area contributed by atoms with Gasteiger partial charge in [-0.3, -0.25) is 9.79 Å². The molecular weight excluding hydrogens is 371 g/mol. The molecule has 1 amide bonds. The van der Waals surface area contributed by atoms with Gasteiger partial charge in [0.15, 0.2) is 11.5 Å². The summed E-state index contributed by atoms with van der Waals surface area (Å²) >= 11 is 0. The Hall–Kier alpha value is -2.89. The number of benzene rings is 2. The smallest absolute Gasteiger partial charge is 0.221 e. The quantitative estimate of drug-likeness (QED) is 0.663. The van der Waals surface area contributed by atoms with Crippen LogP contribution in [0.5, 0.6) is 11.5 Å². The minimum Gasteiger partial charge on any atom is -0.493 e. The maximum atomic E-state index is 12.5. The van der Waals surface area contributed by atoms with Gasteiger partial charge in [0.25, 0.3) is 0 Å². The van der Waals surface area contributed by atoms with E-state index in [2.05, 4.69) is 31.1 Å². The molecule has 158 valence electrons. The maximum Gasteiger partial charge on any atom is 0.221 e. The first-order valence-electron chi connectivity index (χ1n) is 9.41. The third-order valence-corrected chi connectivity index (χ3v) is 4.55. The van der Waals surface area contributed by atoms with Gasteiger partial charge in [0.1, 0.15) is 5.82 Å². The molecule has 2 aromatic rings. The summed E-state index contributed by atoms with van der Waals surface area (Å²) in [5, 5.41) is 2.47. The van der Waals surface area contributed by atoms with E-state index in [0.717, 1.165) is 29.2 Å². The number of carbonyl (C=O) groups is 1. The van der Waals surface area contributed by atoms with E-state index >= 15 is 0 Å². The topological polar surface area (TPSA) is 59.9 Å². The first-order chi connectivity index (χ1) is 13.7. The molecule has 0 bridgehead atoms. The van der Waals surface area contributed by atoms with Gasteiger partial charge in [0.2, 0.25) is 5.91 Å². The predicted octanol–water partition coefficient (Wildman–Crippen LogP) is 5.34. The van der Waals surface area contributed by atoms with E-state index in [1.807, 2.05) is 25.2 Å². The summed E-state index contributed by atoms with van der Waals surface area (Å²) in [5.74, 6) is 0.931. The van der Waals surface area contributed by atoms with Crippen molar-refractivity contribution in [2.45, 2.75) is 34.1 Å². The Bertz CT molecular complexity index is 848. The number of aliphatic imine (C=N–C) groups is 1. The van der Waals surface area contributed by atoms with Crippen LogP contribution in [0.25, 0.3) is 0 Å². The molecule has 0 aliphatic heterocycles. The number of rotatable bonds is 6.